The highest BCUT2D eigenvalue weighted by molar-refractivity contribution is 7.86. The maximum absolute atomic E-state index is 13.0. The molecule has 0 radical (unpaired) electrons. The van der Waals surface area contributed by atoms with Crippen molar-refractivity contribution < 1.29 is 13.2 Å². The number of aryl methyl sites for hydroxylation is 2. The van der Waals surface area contributed by atoms with Crippen LogP contribution in [-0.2, 0) is 34.3 Å². The van der Waals surface area contributed by atoms with Crippen molar-refractivity contribution in [2.75, 3.05) is 32.8 Å². The zero-order chi connectivity index (χ0) is 18.1. The molecule has 0 aromatic carbocycles. The Morgan fingerprint density at radius 3 is 2.69 bits per heavy atom. The van der Waals surface area contributed by atoms with Gasteiger partial charge in [0, 0.05) is 31.7 Å². The monoisotopic (exact) mass is 382 g/mol. The van der Waals surface area contributed by atoms with E-state index >= 15 is 0 Å². The van der Waals surface area contributed by atoms with Gasteiger partial charge in [0.2, 0.25) is 0 Å². The first-order valence-electron chi connectivity index (χ1n) is 9.50. The van der Waals surface area contributed by atoms with Gasteiger partial charge >= 0.3 is 0 Å². The van der Waals surface area contributed by atoms with Crippen LogP contribution in [0, 0.1) is 0 Å². The molecule has 2 aliphatic heterocycles. The van der Waals surface area contributed by atoms with Gasteiger partial charge in [-0.05, 0) is 44.1 Å². The molecule has 0 spiro atoms. The number of aromatic nitrogens is 2. The van der Waals surface area contributed by atoms with Crippen LogP contribution in [0.25, 0.3) is 0 Å². The van der Waals surface area contributed by atoms with Crippen LogP contribution < -0.4 is 5.56 Å². The molecule has 26 heavy (non-hydrogen) atoms. The molecular weight excluding hydrogens is 356 g/mol. The third kappa shape index (κ3) is 3.45. The van der Waals surface area contributed by atoms with Gasteiger partial charge < -0.3 is 4.74 Å². The molecular formula is C17H26N4O4S. The maximum atomic E-state index is 13.0. The molecule has 2 fully saturated rings. The Labute approximate surface area is 153 Å². The van der Waals surface area contributed by atoms with Crippen molar-refractivity contribution in [3.63, 3.8) is 0 Å². The fraction of sp³-hybridized carbons (Fsp3) is 0.765. The van der Waals surface area contributed by atoms with Crippen molar-refractivity contribution in [2.45, 2.75) is 51.1 Å². The average molecular weight is 382 g/mol. The molecule has 4 rings (SSSR count). The zero-order valence-electron chi connectivity index (χ0n) is 15.0. The molecule has 3 heterocycles. The molecule has 0 bridgehead atoms. The zero-order valence-corrected chi connectivity index (χ0v) is 15.8. The van der Waals surface area contributed by atoms with Crippen molar-refractivity contribution in [2.24, 2.45) is 0 Å². The van der Waals surface area contributed by atoms with Crippen LogP contribution in [0.3, 0.4) is 0 Å². The van der Waals surface area contributed by atoms with Crippen LogP contribution >= 0.6 is 0 Å². The SMILES string of the molecule is O=c1cc2c(nn1CC1CCCN1S(=O)(=O)N1CCOCC1)CCCC2. The summed E-state index contributed by atoms with van der Waals surface area (Å²) in [5, 5.41) is 4.55. The number of ether oxygens (including phenoxy) is 1. The molecule has 1 unspecified atom stereocenters. The fourth-order valence-electron chi connectivity index (χ4n) is 4.15. The Morgan fingerprint density at radius 1 is 1.12 bits per heavy atom. The minimum Gasteiger partial charge on any atom is -0.379 e. The predicted octanol–water partition coefficient (Wildman–Crippen LogP) is 0.164. The van der Waals surface area contributed by atoms with Gasteiger partial charge in [0.05, 0.1) is 25.5 Å². The summed E-state index contributed by atoms with van der Waals surface area (Å²) in [5.74, 6) is 0. The lowest BCUT2D eigenvalue weighted by molar-refractivity contribution is 0.0697. The van der Waals surface area contributed by atoms with Gasteiger partial charge in [0.1, 0.15) is 0 Å². The molecule has 144 valence electrons. The molecule has 9 heteroatoms. The van der Waals surface area contributed by atoms with Gasteiger partial charge in [-0.1, -0.05) is 0 Å². The van der Waals surface area contributed by atoms with Crippen molar-refractivity contribution in [3.8, 4) is 0 Å². The Morgan fingerprint density at radius 2 is 1.88 bits per heavy atom. The number of hydrogen-bond donors (Lipinski definition) is 0. The first kappa shape index (κ1) is 18.1. The van der Waals surface area contributed by atoms with Crippen LogP contribution in [0.15, 0.2) is 10.9 Å². The standard InChI is InChI=1S/C17H26N4O4S/c22-17-12-14-4-1-2-6-16(14)18-20(17)13-15-5-3-7-21(15)26(23,24)19-8-10-25-11-9-19/h12,15H,1-11,13H2. The molecule has 1 aromatic heterocycles. The first-order chi connectivity index (χ1) is 12.6. The van der Waals surface area contributed by atoms with Gasteiger partial charge in [0.25, 0.3) is 15.8 Å². The number of fused-ring (bicyclic) bond motifs is 1. The highest BCUT2D eigenvalue weighted by Crippen LogP contribution is 2.25. The molecule has 2 saturated heterocycles. The normalized spacial score (nSPS) is 25.3. The molecule has 0 amide bonds. The Bertz CT molecular complexity index is 817. The minimum atomic E-state index is -3.52. The maximum Gasteiger partial charge on any atom is 0.282 e. The second-order valence-corrected chi connectivity index (χ2v) is 9.15. The number of rotatable bonds is 4. The summed E-state index contributed by atoms with van der Waals surface area (Å²) >= 11 is 0. The van der Waals surface area contributed by atoms with Crippen LogP contribution in [0.2, 0.25) is 0 Å². The molecule has 0 saturated carbocycles. The molecule has 0 N–H and O–H groups in total. The number of nitrogens with zero attached hydrogens (tertiary/aromatic N) is 4. The van der Waals surface area contributed by atoms with E-state index in [0.717, 1.165) is 49.8 Å². The predicted molar refractivity (Wildman–Crippen MR) is 96.2 cm³/mol. The summed E-state index contributed by atoms with van der Waals surface area (Å²) in [6.07, 6.45) is 5.59. The highest BCUT2D eigenvalue weighted by Gasteiger charge is 2.39. The fourth-order valence-corrected chi connectivity index (χ4v) is 5.97. The Balaban J connectivity index is 1.55. The van der Waals surface area contributed by atoms with Gasteiger partial charge in [-0.15, -0.1) is 0 Å². The van der Waals surface area contributed by atoms with E-state index in [1.54, 1.807) is 10.4 Å². The van der Waals surface area contributed by atoms with Crippen LogP contribution in [0.1, 0.15) is 36.9 Å². The number of hydrogen-bond acceptors (Lipinski definition) is 5. The summed E-state index contributed by atoms with van der Waals surface area (Å²) in [6.45, 7) is 2.48. The molecule has 1 atom stereocenters. The van der Waals surface area contributed by atoms with Crippen LogP contribution in [-0.4, -0.2) is 65.7 Å². The van der Waals surface area contributed by atoms with Crippen LogP contribution in [0.4, 0.5) is 0 Å². The molecule has 3 aliphatic rings. The second kappa shape index (κ2) is 7.38. The summed E-state index contributed by atoms with van der Waals surface area (Å²) in [7, 11) is -3.52. The lowest BCUT2D eigenvalue weighted by Gasteiger charge is -2.33. The summed E-state index contributed by atoms with van der Waals surface area (Å²) < 4.78 is 35.8. The lowest BCUT2D eigenvalue weighted by atomic mass is 9.97. The van der Waals surface area contributed by atoms with Crippen molar-refractivity contribution in [3.05, 3.63) is 27.7 Å². The van der Waals surface area contributed by atoms with Crippen molar-refractivity contribution in [1.82, 2.24) is 18.4 Å². The average Bonchev–Trinajstić information content (AvgIpc) is 3.12. The topological polar surface area (TPSA) is 84.7 Å². The van der Waals surface area contributed by atoms with E-state index in [1.807, 2.05) is 0 Å². The summed E-state index contributed by atoms with van der Waals surface area (Å²) in [5.41, 5.74) is 1.93. The highest BCUT2D eigenvalue weighted by atomic mass is 32.2. The lowest BCUT2D eigenvalue weighted by Crippen LogP contribution is -2.51. The Kier molecular flexibility index (Phi) is 5.13. The van der Waals surface area contributed by atoms with Gasteiger partial charge in [-0.25, -0.2) is 4.68 Å². The van der Waals surface area contributed by atoms with Gasteiger partial charge in [0.15, 0.2) is 0 Å². The van der Waals surface area contributed by atoms with E-state index in [2.05, 4.69) is 5.10 Å². The van der Waals surface area contributed by atoms with E-state index < -0.39 is 10.2 Å². The quantitative estimate of drug-likeness (QED) is 0.741. The van der Waals surface area contributed by atoms with Crippen molar-refractivity contribution >= 4 is 10.2 Å². The summed E-state index contributed by atoms with van der Waals surface area (Å²) in [6, 6.07) is 1.48. The largest absolute Gasteiger partial charge is 0.379 e. The first-order valence-corrected chi connectivity index (χ1v) is 10.9. The third-order valence-corrected chi connectivity index (χ3v) is 7.66. The smallest absolute Gasteiger partial charge is 0.282 e. The number of morpholine rings is 1. The van der Waals surface area contributed by atoms with E-state index in [9.17, 15) is 13.2 Å². The van der Waals surface area contributed by atoms with E-state index in [1.165, 1.54) is 8.99 Å². The van der Waals surface area contributed by atoms with Gasteiger partial charge in [-0.3, -0.25) is 4.79 Å². The third-order valence-electron chi connectivity index (χ3n) is 5.57. The van der Waals surface area contributed by atoms with E-state index in [4.69, 9.17) is 4.74 Å². The second-order valence-electron chi connectivity index (χ2n) is 7.27. The molecule has 1 aliphatic carbocycles. The van der Waals surface area contributed by atoms with Crippen molar-refractivity contribution in [1.29, 1.82) is 0 Å². The Hall–Kier alpha value is -1.29. The van der Waals surface area contributed by atoms with E-state index in [-0.39, 0.29) is 11.6 Å². The summed E-state index contributed by atoms with van der Waals surface area (Å²) in [4.78, 5) is 12.4. The molecule has 8 nitrogen and oxygen atoms in total. The van der Waals surface area contributed by atoms with Crippen LogP contribution in [0.5, 0.6) is 0 Å². The van der Waals surface area contributed by atoms with Gasteiger partial charge in [-0.2, -0.15) is 22.1 Å². The van der Waals surface area contributed by atoms with E-state index in [0.29, 0.717) is 39.4 Å². The molecule has 1 aromatic rings. The minimum absolute atomic E-state index is 0.124.